The zero-order chi connectivity index (χ0) is 22.4. The highest BCUT2D eigenvalue weighted by Gasteiger charge is 2.24. The number of pyridine rings is 1. The van der Waals surface area contributed by atoms with Crippen molar-refractivity contribution in [2.45, 2.75) is 31.9 Å². The topological polar surface area (TPSA) is 132 Å². The number of likely N-dealkylation sites (tertiary alicyclic amines) is 1. The summed E-state index contributed by atoms with van der Waals surface area (Å²) >= 11 is 0. The maximum atomic E-state index is 10.4. The van der Waals surface area contributed by atoms with Crippen LogP contribution in [0.2, 0.25) is 0 Å². The summed E-state index contributed by atoms with van der Waals surface area (Å²) in [6.45, 7) is 3.77. The van der Waals surface area contributed by atoms with Crippen LogP contribution in [-0.2, 0) is 0 Å². The predicted octanol–water partition coefficient (Wildman–Crippen LogP) is 3.24. The van der Waals surface area contributed by atoms with E-state index in [1.54, 1.807) is 19.2 Å². The number of piperidine rings is 1. The molecule has 0 amide bonds. The molecule has 0 aliphatic carbocycles. The second-order valence-corrected chi connectivity index (χ2v) is 8.49. The molecule has 9 heteroatoms. The van der Waals surface area contributed by atoms with Crippen molar-refractivity contribution in [3.8, 4) is 22.6 Å². The lowest BCUT2D eigenvalue weighted by molar-refractivity contribution is 0.187. The van der Waals surface area contributed by atoms with Crippen LogP contribution in [0, 0.1) is 0 Å². The number of aliphatic hydroxyl groups excluding tert-OH is 1. The van der Waals surface area contributed by atoms with Crippen molar-refractivity contribution in [2.75, 3.05) is 31.6 Å². The van der Waals surface area contributed by atoms with Crippen LogP contribution < -0.4 is 11.5 Å². The highest BCUT2D eigenvalue weighted by molar-refractivity contribution is 5.88. The third-order valence-corrected chi connectivity index (χ3v) is 6.13. The van der Waals surface area contributed by atoms with Gasteiger partial charge in [0.2, 0.25) is 5.89 Å². The van der Waals surface area contributed by atoms with E-state index in [0.717, 1.165) is 37.1 Å². The minimum absolute atomic E-state index is 0.304. The molecule has 0 spiro atoms. The number of benzene rings is 1. The fourth-order valence-electron chi connectivity index (χ4n) is 4.26. The van der Waals surface area contributed by atoms with Gasteiger partial charge in [0.1, 0.15) is 11.3 Å². The van der Waals surface area contributed by atoms with Gasteiger partial charge < -0.3 is 25.9 Å². The number of nitrogens with two attached hydrogens (primary N) is 2. The van der Waals surface area contributed by atoms with Crippen molar-refractivity contribution < 1.29 is 9.52 Å². The van der Waals surface area contributed by atoms with Crippen molar-refractivity contribution in [1.29, 1.82) is 0 Å². The second-order valence-electron chi connectivity index (χ2n) is 8.49. The summed E-state index contributed by atoms with van der Waals surface area (Å²) < 4.78 is 7.90. The van der Waals surface area contributed by atoms with Crippen LogP contribution in [0.25, 0.3) is 33.7 Å². The van der Waals surface area contributed by atoms with E-state index in [1.807, 2.05) is 29.1 Å². The van der Waals surface area contributed by atoms with Crippen LogP contribution in [0.3, 0.4) is 0 Å². The van der Waals surface area contributed by atoms with Gasteiger partial charge in [0.25, 0.3) is 0 Å². The number of oxazole rings is 1. The molecule has 1 aliphatic heterocycles. The highest BCUT2D eigenvalue weighted by atomic mass is 16.3. The first-order valence-corrected chi connectivity index (χ1v) is 10.8. The number of aliphatic hydroxyl groups is 1. The molecule has 166 valence electrons. The normalized spacial score (nSPS) is 16.6. The molecule has 0 radical (unpaired) electrons. The van der Waals surface area contributed by atoms with Gasteiger partial charge in [0, 0.05) is 23.5 Å². The van der Waals surface area contributed by atoms with E-state index < -0.39 is 6.10 Å². The summed E-state index contributed by atoms with van der Waals surface area (Å²) in [6, 6.07) is 7.59. The van der Waals surface area contributed by atoms with Crippen molar-refractivity contribution in [2.24, 2.45) is 0 Å². The van der Waals surface area contributed by atoms with Gasteiger partial charge in [-0.05, 0) is 58.1 Å². The number of hydrogen-bond acceptors (Lipinski definition) is 8. The van der Waals surface area contributed by atoms with E-state index in [9.17, 15) is 5.11 Å². The Kier molecular flexibility index (Phi) is 5.07. The predicted molar refractivity (Wildman–Crippen MR) is 124 cm³/mol. The van der Waals surface area contributed by atoms with Gasteiger partial charge in [-0.15, -0.1) is 0 Å². The zero-order valence-electron chi connectivity index (χ0n) is 18.2. The van der Waals surface area contributed by atoms with Crippen LogP contribution in [0.4, 0.5) is 11.5 Å². The number of anilines is 2. The SMILES string of the molecule is CC(O)c1nn(C2CCN(C)CC2)cc1-c1cnc(N)c(-c2nc3c(N)cccc3o2)c1. The Hall–Kier alpha value is -3.43. The number of rotatable bonds is 4. The largest absolute Gasteiger partial charge is 0.436 e. The molecule has 5 rings (SSSR count). The Bertz CT molecular complexity index is 1270. The summed E-state index contributed by atoms with van der Waals surface area (Å²) in [4.78, 5) is 11.2. The molecule has 1 saturated heterocycles. The van der Waals surface area contributed by atoms with Crippen molar-refractivity contribution in [3.63, 3.8) is 0 Å². The molecular weight excluding hydrogens is 406 g/mol. The smallest absolute Gasteiger partial charge is 0.231 e. The van der Waals surface area contributed by atoms with Crippen molar-refractivity contribution in [1.82, 2.24) is 24.6 Å². The minimum atomic E-state index is -0.720. The summed E-state index contributed by atoms with van der Waals surface area (Å²) in [5.74, 6) is 0.659. The Labute approximate surface area is 185 Å². The summed E-state index contributed by atoms with van der Waals surface area (Å²) in [5.41, 5.74) is 16.7. The molecule has 0 bridgehead atoms. The number of nitrogens with zero attached hydrogens (tertiary/aromatic N) is 5. The van der Waals surface area contributed by atoms with Crippen molar-refractivity contribution >= 4 is 22.6 Å². The molecule has 3 aromatic heterocycles. The van der Waals surface area contributed by atoms with Gasteiger partial charge in [-0.25, -0.2) is 9.97 Å². The monoisotopic (exact) mass is 433 g/mol. The number of para-hydroxylation sites is 1. The van der Waals surface area contributed by atoms with Gasteiger partial charge >= 0.3 is 0 Å². The molecule has 1 aromatic carbocycles. The molecule has 4 heterocycles. The third-order valence-electron chi connectivity index (χ3n) is 6.13. The average Bonchev–Trinajstić information content (AvgIpc) is 3.40. The lowest BCUT2D eigenvalue weighted by atomic mass is 10.0. The van der Waals surface area contributed by atoms with E-state index in [4.69, 9.17) is 21.0 Å². The highest BCUT2D eigenvalue weighted by Crippen LogP contribution is 2.35. The van der Waals surface area contributed by atoms with Crippen LogP contribution >= 0.6 is 0 Å². The zero-order valence-corrected chi connectivity index (χ0v) is 18.2. The Balaban J connectivity index is 1.57. The first kappa shape index (κ1) is 20.5. The fraction of sp³-hybridized carbons (Fsp3) is 0.348. The Morgan fingerprint density at radius 2 is 1.97 bits per heavy atom. The molecular formula is C23H27N7O2. The van der Waals surface area contributed by atoms with Gasteiger partial charge in [0.05, 0.1) is 29.1 Å². The summed E-state index contributed by atoms with van der Waals surface area (Å²) in [5, 5.41) is 15.2. The lowest BCUT2D eigenvalue weighted by Gasteiger charge is -2.29. The van der Waals surface area contributed by atoms with Crippen LogP contribution in [-0.4, -0.2) is 49.9 Å². The van der Waals surface area contributed by atoms with Crippen LogP contribution in [0.1, 0.15) is 37.6 Å². The molecule has 1 atom stereocenters. The third kappa shape index (κ3) is 3.59. The second kappa shape index (κ2) is 7.92. The first-order valence-electron chi connectivity index (χ1n) is 10.8. The Morgan fingerprint density at radius 1 is 1.19 bits per heavy atom. The number of nitrogen functional groups attached to an aromatic ring is 2. The molecule has 1 unspecified atom stereocenters. The Morgan fingerprint density at radius 3 is 2.69 bits per heavy atom. The van der Waals surface area contributed by atoms with Gasteiger partial charge in [-0.3, -0.25) is 4.68 Å². The summed E-state index contributed by atoms with van der Waals surface area (Å²) in [7, 11) is 2.13. The molecule has 9 nitrogen and oxygen atoms in total. The fourth-order valence-corrected chi connectivity index (χ4v) is 4.26. The minimum Gasteiger partial charge on any atom is -0.436 e. The number of aromatic nitrogens is 4. The quantitative estimate of drug-likeness (QED) is 0.418. The van der Waals surface area contributed by atoms with E-state index in [0.29, 0.717) is 45.8 Å². The number of fused-ring (bicyclic) bond motifs is 1. The molecule has 1 fully saturated rings. The number of hydrogen-bond donors (Lipinski definition) is 3. The van der Waals surface area contributed by atoms with Crippen LogP contribution in [0.15, 0.2) is 41.1 Å². The molecule has 0 saturated carbocycles. The maximum Gasteiger partial charge on any atom is 0.231 e. The molecule has 1 aliphatic rings. The molecule has 5 N–H and O–H groups in total. The van der Waals surface area contributed by atoms with E-state index in [1.165, 1.54) is 0 Å². The van der Waals surface area contributed by atoms with E-state index in [2.05, 4.69) is 21.9 Å². The molecule has 32 heavy (non-hydrogen) atoms. The van der Waals surface area contributed by atoms with Crippen LogP contribution in [0.5, 0.6) is 0 Å². The van der Waals surface area contributed by atoms with Gasteiger partial charge in [-0.2, -0.15) is 5.10 Å². The van der Waals surface area contributed by atoms with Gasteiger partial charge in [0.15, 0.2) is 5.58 Å². The van der Waals surface area contributed by atoms with Crippen molar-refractivity contribution in [3.05, 3.63) is 42.4 Å². The first-order chi connectivity index (χ1) is 15.4. The van der Waals surface area contributed by atoms with Gasteiger partial charge in [-0.1, -0.05) is 6.07 Å². The van der Waals surface area contributed by atoms with E-state index >= 15 is 0 Å². The summed E-state index contributed by atoms with van der Waals surface area (Å²) in [6.07, 6.45) is 5.01. The molecule has 4 aromatic rings. The average molecular weight is 434 g/mol. The maximum absolute atomic E-state index is 10.4. The van der Waals surface area contributed by atoms with E-state index in [-0.39, 0.29) is 0 Å². The standard InChI is InChI=1S/C23H27N7O2/c1-13(31)20-17(12-30(28-20)15-6-8-29(2)9-7-15)14-10-16(22(25)26-11-14)23-27-21-18(24)4-3-5-19(21)32-23/h3-5,10-13,15,31H,6-9,24H2,1-2H3,(H2,25,26). The lowest BCUT2D eigenvalue weighted by Crippen LogP contribution is -2.31.